The summed E-state index contributed by atoms with van der Waals surface area (Å²) in [6.07, 6.45) is 0. The van der Waals surface area contributed by atoms with E-state index in [2.05, 4.69) is 44.0 Å². The van der Waals surface area contributed by atoms with Crippen LogP contribution in [0.1, 0.15) is 33.3 Å². The maximum Gasteiger partial charge on any atom is 0.0587 e. The van der Waals surface area contributed by atoms with Crippen molar-refractivity contribution < 1.29 is 4.74 Å². The molecule has 0 aromatic heterocycles. The van der Waals surface area contributed by atoms with Gasteiger partial charge in [0, 0.05) is 49.1 Å². The van der Waals surface area contributed by atoms with Gasteiger partial charge >= 0.3 is 0 Å². The molecule has 21 heavy (non-hydrogen) atoms. The Morgan fingerprint density at radius 1 is 1.24 bits per heavy atom. The largest absolute Gasteiger partial charge is 0.383 e. The van der Waals surface area contributed by atoms with E-state index in [1.54, 1.807) is 7.11 Å². The molecule has 4 heteroatoms. The van der Waals surface area contributed by atoms with Crippen LogP contribution in [0.15, 0.2) is 18.2 Å². The van der Waals surface area contributed by atoms with Crippen LogP contribution in [-0.2, 0) is 11.3 Å². The van der Waals surface area contributed by atoms with Crippen molar-refractivity contribution in [2.45, 2.75) is 40.3 Å². The first kappa shape index (κ1) is 18.3. The highest BCUT2D eigenvalue weighted by atomic mass is 35.5. The van der Waals surface area contributed by atoms with Crippen LogP contribution < -0.4 is 10.2 Å². The smallest absolute Gasteiger partial charge is 0.0587 e. The van der Waals surface area contributed by atoms with E-state index in [0.717, 1.165) is 24.7 Å². The molecule has 0 aliphatic heterocycles. The van der Waals surface area contributed by atoms with Gasteiger partial charge < -0.3 is 15.0 Å². The molecule has 0 aliphatic rings. The Morgan fingerprint density at radius 3 is 2.52 bits per heavy atom. The van der Waals surface area contributed by atoms with E-state index >= 15 is 0 Å². The second-order valence-corrected chi connectivity index (χ2v) is 6.45. The SMILES string of the molecule is COCCNCc1c(Cl)cccc1N(CC(C)C)C(C)C. The summed E-state index contributed by atoms with van der Waals surface area (Å²) >= 11 is 6.43. The quantitative estimate of drug-likeness (QED) is 0.699. The number of ether oxygens (including phenoxy) is 1. The third kappa shape index (κ3) is 5.85. The van der Waals surface area contributed by atoms with Crippen LogP contribution in [0, 0.1) is 5.92 Å². The minimum atomic E-state index is 0.448. The highest BCUT2D eigenvalue weighted by Crippen LogP contribution is 2.29. The van der Waals surface area contributed by atoms with Gasteiger partial charge in [0.05, 0.1) is 6.61 Å². The molecule has 1 aromatic carbocycles. The summed E-state index contributed by atoms with van der Waals surface area (Å²) in [6.45, 7) is 12.3. The number of benzene rings is 1. The fourth-order valence-electron chi connectivity index (χ4n) is 2.36. The maximum absolute atomic E-state index is 6.43. The highest BCUT2D eigenvalue weighted by Gasteiger charge is 2.17. The Kier molecular flexibility index (Phi) is 8.09. The summed E-state index contributed by atoms with van der Waals surface area (Å²) in [6, 6.07) is 6.61. The minimum Gasteiger partial charge on any atom is -0.383 e. The van der Waals surface area contributed by atoms with Gasteiger partial charge in [0.15, 0.2) is 0 Å². The number of halogens is 1. The molecule has 120 valence electrons. The lowest BCUT2D eigenvalue weighted by Crippen LogP contribution is -2.35. The second kappa shape index (κ2) is 9.29. The lowest BCUT2D eigenvalue weighted by Gasteiger charge is -2.33. The zero-order valence-electron chi connectivity index (χ0n) is 13.9. The highest BCUT2D eigenvalue weighted by molar-refractivity contribution is 6.31. The number of rotatable bonds is 9. The standard InChI is InChI=1S/C17H29ClN2O/c1-13(2)12-20(14(3)4)17-8-6-7-16(18)15(17)11-19-9-10-21-5/h6-8,13-14,19H,9-12H2,1-5H3. The Labute approximate surface area is 134 Å². The fourth-order valence-corrected chi connectivity index (χ4v) is 2.60. The molecule has 0 heterocycles. The van der Waals surface area contributed by atoms with Gasteiger partial charge in [-0.3, -0.25) is 0 Å². The molecule has 0 saturated heterocycles. The van der Waals surface area contributed by atoms with Gasteiger partial charge in [-0.1, -0.05) is 31.5 Å². The van der Waals surface area contributed by atoms with Crippen LogP contribution in [0.4, 0.5) is 5.69 Å². The number of anilines is 1. The lowest BCUT2D eigenvalue weighted by molar-refractivity contribution is 0.199. The minimum absolute atomic E-state index is 0.448. The molecule has 0 unspecified atom stereocenters. The lowest BCUT2D eigenvalue weighted by atomic mass is 10.1. The van der Waals surface area contributed by atoms with Gasteiger partial charge in [-0.05, 0) is 31.9 Å². The molecule has 1 rings (SSSR count). The molecule has 0 fully saturated rings. The Morgan fingerprint density at radius 2 is 1.95 bits per heavy atom. The van der Waals surface area contributed by atoms with Crippen molar-refractivity contribution in [1.29, 1.82) is 0 Å². The third-order valence-electron chi connectivity index (χ3n) is 3.37. The number of methoxy groups -OCH3 is 1. The van der Waals surface area contributed by atoms with E-state index in [9.17, 15) is 0 Å². The van der Waals surface area contributed by atoms with Crippen LogP contribution >= 0.6 is 11.6 Å². The second-order valence-electron chi connectivity index (χ2n) is 6.05. The Bertz CT molecular complexity index is 421. The molecule has 0 amide bonds. The maximum atomic E-state index is 6.43. The van der Waals surface area contributed by atoms with Crippen LogP contribution in [0.5, 0.6) is 0 Å². The van der Waals surface area contributed by atoms with Crippen molar-refractivity contribution in [3.8, 4) is 0 Å². The Balaban J connectivity index is 2.95. The molecule has 0 atom stereocenters. The molecule has 1 N–H and O–H groups in total. The topological polar surface area (TPSA) is 24.5 Å². The molecule has 3 nitrogen and oxygen atoms in total. The van der Waals surface area contributed by atoms with Crippen LogP contribution in [-0.4, -0.2) is 32.8 Å². The first-order valence-corrected chi connectivity index (χ1v) is 8.08. The molecular weight excluding hydrogens is 284 g/mol. The molecule has 0 aliphatic carbocycles. The van der Waals surface area contributed by atoms with Crippen LogP contribution in [0.3, 0.4) is 0 Å². The monoisotopic (exact) mass is 312 g/mol. The zero-order valence-corrected chi connectivity index (χ0v) is 14.7. The van der Waals surface area contributed by atoms with E-state index < -0.39 is 0 Å². The predicted octanol–water partition coefficient (Wildman–Crippen LogP) is 3.95. The van der Waals surface area contributed by atoms with E-state index in [-0.39, 0.29) is 0 Å². The average Bonchev–Trinajstić information content (AvgIpc) is 2.42. The van der Waals surface area contributed by atoms with Crippen molar-refractivity contribution in [2.24, 2.45) is 5.92 Å². The molecule has 0 bridgehead atoms. The zero-order chi connectivity index (χ0) is 15.8. The first-order valence-electron chi connectivity index (χ1n) is 7.71. The third-order valence-corrected chi connectivity index (χ3v) is 3.73. The summed E-state index contributed by atoms with van der Waals surface area (Å²) in [5, 5.41) is 4.22. The summed E-state index contributed by atoms with van der Waals surface area (Å²) in [7, 11) is 1.71. The van der Waals surface area contributed by atoms with Gasteiger partial charge in [0.25, 0.3) is 0 Å². The number of nitrogens with zero attached hydrogens (tertiary/aromatic N) is 1. The van der Waals surface area contributed by atoms with Crippen LogP contribution in [0.2, 0.25) is 5.02 Å². The van der Waals surface area contributed by atoms with Gasteiger partial charge in [0.2, 0.25) is 0 Å². The molecule has 0 spiro atoms. The molecule has 0 saturated carbocycles. The molecule has 1 aromatic rings. The summed E-state index contributed by atoms with van der Waals surface area (Å²) in [5.41, 5.74) is 2.40. The van der Waals surface area contributed by atoms with Crippen molar-refractivity contribution in [3.63, 3.8) is 0 Å². The van der Waals surface area contributed by atoms with E-state index in [1.807, 2.05) is 12.1 Å². The molecular formula is C17H29ClN2O. The van der Waals surface area contributed by atoms with Crippen molar-refractivity contribution >= 4 is 17.3 Å². The Hall–Kier alpha value is -0.770. The number of hydrogen-bond acceptors (Lipinski definition) is 3. The average molecular weight is 313 g/mol. The normalized spacial score (nSPS) is 11.4. The molecule has 0 radical (unpaired) electrons. The van der Waals surface area contributed by atoms with Gasteiger partial charge in [-0.2, -0.15) is 0 Å². The van der Waals surface area contributed by atoms with E-state index in [4.69, 9.17) is 16.3 Å². The van der Waals surface area contributed by atoms with Crippen molar-refractivity contribution in [3.05, 3.63) is 28.8 Å². The number of hydrogen-bond donors (Lipinski definition) is 1. The van der Waals surface area contributed by atoms with E-state index in [0.29, 0.717) is 18.6 Å². The van der Waals surface area contributed by atoms with Gasteiger partial charge in [-0.25, -0.2) is 0 Å². The van der Waals surface area contributed by atoms with Gasteiger partial charge in [-0.15, -0.1) is 0 Å². The summed E-state index contributed by atoms with van der Waals surface area (Å²) < 4.78 is 5.07. The fraction of sp³-hybridized carbons (Fsp3) is 0.647. The van der Waals surface area contributed by atoms with Gasteiger partial charge in [0.1, 0.15) is 0 Å². The van der Waals surface area contributed by atoms with Crippen molar-refractivity contribution in [1.82, 2.24) is 5.32 Å². The van der Waals surface area contributed by atoms with E-state index in [1.165, 1.54) is 11.3 Å². The van der Waals surface area contributed by atoms with Crippen LogP contribution in [0.25, 0.3) is 0 Å². The predicted molar refractivity (Wildman–Crippen MR) is 92.4 cm³/mol. The first-order chi connectivity index (χ1) is 9.97. The van der Waals surface area contributed by atoms with Crippen molar-refractivity contribution in [2.75, 3.05) is 31.7 Å². The summed E-state index contributed by atoms with van der Waals surface area (Å²) in [5.74, 6) is 0.612. The number of nitrogens with one attached hydrogen (secondary N) is 1. The summed E-state index contributed by atoms with van der Waals surface area (Å²) in [4.78, 5) is 2.43.